The van der Waals surface area contributed by atoms with Crippen molar-refractivity contribution in [3.63, 3.8) is 0 Å². The summed E-state index contributed by atoms with van der Waals surface area (Å²) in [7, 11) is 0. The molecule has 0 spiro atoms. The number of carbonyl (C=O) groups excluding carboxylic acids is 1. The topological polar surface area (TPSA) is 56.0 Å². The molecule has 2 aliphatic rings. The smallest absolute Gasteiger partial charge is 0.226 e. The highest BCUT2D eigenvalue weighted by atomic mass is 16.2. The highest BCUT2D eigenvalue weighted by Crippen LogP contribution is 2.35. The van der Waals surface area contributed by atoms with Crippen molar-refractivity contribution in [2.24, 2.45) is 0 Å². The Balaban J connectivity index is 1.68. The Kier molecular flexibility index (Phi) is 2.09. The first-order valence-corrected chi connectivity index (χ1v) is 6.63. The number of carbonyl (C=O) groups is 1. The highest BCUT2D eigenvalue weighted by Gasteiger charge is 2.27. The molecule has 0 unspecified atom stereocenters. The second kappa shape index (κ2) is 3.69. The van der Waals surface area contributed by atoms with E-state index in [1.54, 1.807) is 11.8 Å². The van der Waals surface area contributed by atoms with Crippen molar-refractivity contribution in [3.05, 3.63) is 18.5 Å². The van der Waals surface area contributed by atoms with Crippen LogP contribution in [0.4, 0.5) is 5.95 Å². The van der Waals surface area contributed by atoms with E-state index >= 15 is 0 Å². The Hall–Kier alpha value is -2.11. The zero-order valence-corrected chi connectivity index (χ0v) is 10.8. The van der Waals surface area contributed by atoms with Gasteiger partial charge in [0.2, 0.25) is 11.9 Å². The van der Waals surface area contributed by atoms with Gasteiger partial charge in [-0.15, -0.1) is 0 Å². The number of hydrogen-bond donors (Lipinski definition) is 0. The molecule has 2 aromatic heterocycles. The number of anilines is 1. The van der Waals surface area contributed by atoms with E-state index in [0.717, 1.165) is 23.9 Å². The lowest BCUT2D eigenvalue weighted by Gasteiger charge is -2.09. The molecule has 3 heterocycles. The summed E-state index contributed by atoms with van der Waals surface area (Å²) in [4.78, 5) is 17.8. The summed E-state index contributed by atoms with van der Waals surface area (Å²) in [5, 5.41) is 4.56. The SMILES string of the molecule is CC(=O)N1CCn2cc(-c3ccn(C4CC4)n3)nc21. The fourth-order valence-corrected chi connectivity index (χ4v) is 2.53. The van der Waals surface area contributed by atoms with Crippen molar-refractivity contribution >= 4 is 11.9 Å². The quantitative estimate of drug-likeness (QED) is 0.818. The van der Waals surface area contributed by atoms with Gasteiger partial charge in [-0.1, -0.05) is 0 Å². The molecule has 0 atom stereocenters. The molecule has 1 aliphatic carbocycles. The van der Waals surface area contributed by atoms with Gasteiger partial charge in [-0.05, 0) is 18.9 Å². The Morgan fingerprint density at radius 1 is 1.32 bits per heavy atom. The van der Waals surface area contributed by atoms with Crippen LogP contribution in [0.5, 0.6) is 0 Å². The fraction of sp³-hybridized carbons (Fsp3) is 0.462. The third-order valence-electron chi connectivity index (χ3n) is 3.73. The zero-order valence-electron chi connectivity index (χ0n) is 10.8. The van der Waals surface area contributed by atoms with Gasteiger partial charge in [0.25, 0.3) is 0 Å². The third-order valence-corrected chi connectivity index (χ3v) is 3.73. The molecular formula is C13H15N5O. The number of fused-ring (bicyclic) bond motifs is 1. The summed E-state index contributed by atoms with van der Waals surface area (Å²) in [5.41, 5.74) is 1.73. The minimum atomic E-state index is 0.0411. The molecule has 19 heavy (non-hydrogen) atoms. The van der Waals surface area contributed by atoms with Crippen molar-refractivity contribution in [2.45, 2.75) is 32.4 Å². The average molecular weight is 257 g/mol. The van der Waals surface area contributed by atoms with Crippen molar-refractivity contribution in [3.8, 4) is 11.4 Å². The molecule has 1 aliphatic heterocycles. The van der Waals surface area contributed by atoms with E-state index in [0.29, 0.717) is 12.6 Å². The molecule has 0 saturated heterocycles. The minimum absolute atomic E-state index is 0.0411. The maximum Gasteiger partial charge on any atom is 0.226 e. The van der Waals surface area contributed by atoms with E-state index in [-0.39, 0.29) is 5.91 Å². The fourth-order valence-electron chi connectivity index (χ4n) is 2.53. The molecule has 0 radical (unpaired) electrons. The first kappa shape index (κ1) is 10.8. The van der Waals surface area contributed by atoms with Crippen LogP contribution in [0.2, 0.25) is 0 Å². The van der Waals surface area contributed by atoms with Crippen LogP contribution in [0.1, 0.15) is 25.8 Å². The number of rotatable bonds is 2. The molecule has 4 rings (SSSR count). The number of amides is 1. The molecule has 98 valence electrons. The number of nitrogens with zero attached hydrogens (tertiary/aromatic N) is 5. The Morgan fingerprint density at radius 3 is 2.89 bits per heavy atom. The molecular weight excluding hydrogens is 242 g/mol. The number of hydrogen-bond acceptors (Lipinski definition) is 3. The van der Waals surface area contributed by atoms with Gasteiger partial charge >= 0.3 is 0 Å². The van der Waals surface area contributed by atoms with Gasteiger partial charge in [0, 0.05) is 32.4 Å². The van der Waals surface area contributed by atoms with Crippen molar-refractivity contribution < 1.29 is 4.79 Å². The lowest BCUT2D eigenvalue weighted by atomic mass is 10.3. The Labute approximate surface area is 110 Å². The first-order chi connectivity index (χ1) is 9.22. The van der Waals surface area contributed by atoms with Gasteiger partial charge in [0.1, 0.15) is 11.4 Å². The predicted octanol–water partition coefficient (Wildman–Crippen LogP) is 1.45. The van der Waals surface area contributed by atoms with Crippen molar-refractivity contribution in [2.75, 3.05) is 11.4 Å². The lowest BCUT2D eigenvalue weighted by molar-refractivity contribution is -0.116. The molecule has 0 bridgehead atoms. The largest absolute Gasteiger partial charge is 0.314 e. The summed E-state index contributed by atoms with van der Waals surface area (Å²) in [5.74, 6) is 0.780. The van der Waals surface area contributed by atoms with Crippen LogP contribution in [0.3, 0.4) is 0 Å². The van der Waals surface area contributed by atoms with Crippen molar-refractivity contribution in [1.82, 2.24) is 19.3 Å². The van der Waals surface area contributed by atoms with Crippen molar-refractivity contribution in [1.29, 1.82) is 0 Å². The Bertz CT molecular complexity index is 652. The summed E-state index contributed by atoms with van der Waals surface area (Å²) in [6, 6.07) is 2.58. The van der Waals surface area contributed by atoms with Gasteiger partial charge in [-0.3, -0.25) is 14.4 Å². The third kappa shape index (κ3) is 1.67. The molecule has 6 heteroatoms. The van der Waals surface area contributed by atoms with E-state index in [2.05, 4.69) is 10.1 Å². The van der Waals surface area contributed by atoms with Crippen LogP contribution in [0, 0.1) is 0 Å². The molecule has 6 nitrogen and oxygen atoms in total. The van der Waals surface area contributed by atoms with E-state index < -0.39 is 0 Å². The monoisotopic (exact) mass is 257 g/mol. The van der Waals surface area contributed by atoms with Crippen LogP contribution in [-0.2, 0) is 11.3 Å². The first-order valence-electron chi connectivity index (χ1n) is 6.63. The summed E-state index contributed by atoms with van der Waals surface area (Å²) in [6.07, 6.45) is 6.44. The van der Waals surface area contributed by atoms with E-state index in [4.69, 9.17) is 0 Å². The number of imidazole rings is 1. The van der Waals surface area contributed by atoms with Gasteiger partial charge in [0.15, 0.2) is 0 Å². The summed E-state index contributed by atoms with van der Waals surface area (Å²) >= 11 is 0. The van der Waals surface area contributed by atoms with Crippen LogP contribution in [0.25, 0.3) is 11.4 Å². The molecule has 1 fully saturated rings. The van der Waals surface area contributed by atoms with Crippen LogP contribution >= 0.6 is 0 Å². The van der Waals surface area contributed by atoms with E-state index in [9.17, 15) is 4.79 Å². The lowest BCUT2D eigenvalue weighted by Crippen LogP contribution is -2.26. The minimum Gasteiger partial charge on any atom is -0.314 e. The van der Waals surface area contributed by atoms with Gasteiger partial charge in [-0.25, -0.2) is 4.98 Å². The molecule has 0 aromatic carbocycles. The van der Waals surface area contributed by atoms with Crippen LogP contribution in [-0.4, -0.2) is 31.8 Å². The van der Waals surface area contributed by atoms with Gasteiger partial charge in [-0.2, -0.15) is 5.10 Å². The summed E-state index contributed by atoms with van der Waals surface area (Å²) in [6.45, 7) is 3.10. The standard InChI is InChI=1S/C13H15N5O/c1-9(19)17-7-6-16-8-12(14-13(16)17)11-4-5-18(15-11)10-2-3-10/h4-5,8,10H,2-3,6-7H2,1H3. The second-order valence-electron chi connectivity index (χ2n) is 5.20. The molecule has 2 aromatic rings. The molecule has 0 N–H and O–H groups in total. The maximum absolute atomic E-state index is 11.5. The average Bonchev–Trinajstić information content (AvgIpc) is 2.83. The van der Waals surface area contributed by atoms with Crippen LogP contribution in [0.15, 0.2) is 18.5 Å². The normalized spacial score (nSPS) is 17.8. The van der Waals surface area contributed by atoms with Crippen LogP contribution < -0.4 is 4.90 Å². The van der Waals surface area contributed by atoms with E-state index in [1.807, 2.05) is 27.7 Å². The predicted molar refractivity (Wildman–Crippen MR) is 69.7 cm³/mol. The van der Waals surface area contributed by atoms with Gasteiger partial charge < -0.3 is 4.57 Å². The molecule has 1 amide bonds. The van der Waals surface area contributed by atoms with E-state index in [1.165, 1.54) is 12.8 Å². The maximum atomic E-state index is 11.5. The molecule has 1 saturated carbocycles. The Morgan fingerprint density at radius 2 is 2.16 bits per heavy atom. The van der Waals surface area contributed by atoms with Gasteiger partial charge in [0.05, 0.1) is 6.04 Å². The highest BCUT2D eigenvalue weighted by molar-refractivity contribution is 5.90. The number of aromatic nitrogens is 4. The summed E-state index contributed by atoms with van der Waals surface area (Å²) < 4.78 is 4.04. The second-order valence-corrected chi connectivity index (χ2v) is 5.20. The zero-order chi connectivity index (χ0) is 13.0.